The van der Waals surface area contributed by atoms with Crippen molar-refractivity contribution in [3.63, 3.8) is 0 Å². The van der Waals surface area contributed by atoms with Crippen LogP contribution < -0.4 is 24.6 Å². The Bertz CT molecular complexity index is 1130. The highest BCUT2D eigenvalue weighted by Crippen LogP contribution is 2.40. The molecular weight excluding hydrogens is 446 g/mol. The molecule has 2 atom stereocenters. The number of methoxy groups -OCH3 is 2. The van der Waals surface area contributed by atoms with E-state index in [2.05, 4.69) is 50.8 Å². The van der Waals surface area contributed by atoms with E-state index in [0.29, 0.717) is 6.54 Å². The van der Waals surface area contributed by atoms with Crippen LogP contribution in [0.5, 0.6) is 11.5 Å². The minimum Gasteiger partial charge on any atom is -0.497 e. The van der Waals surface area contributed by atoms with Crippen LogP contribution in [0.3, 0.4) is 0 Å². The Kier molecular flexibility index (Phi) is 6.63. The third-order valence-corrected chi connectivity index (χ3v) is 7.87. The Hall–Kier alpha value is -3.19. The molecule has 0 saturated carbocycles. The molecular formula is C27H31N3O3S. The summed E-state index contributed by atoms with van der Waals surface area (Å²) in [6.07, 6.45) is 1.59. The largest absolute Gasteiger partial charge is 0.497 e. The molecule has 0 bridgehead atoms. The Morgan fingerprint density at radius 1 is 1.06 bits per heavy atom. The van der Waals surface area contributed by atoms with Gasteiger partial charge in [-0.1, -0.05) is 24.3 Å². The van der Waals surface area contributed by atoms with Crippen LogP contribution in [-0.2, 0) is 17.6 Å². The van der Waals surface area contributed by atoms with Crippen molar-refractivity contribution in [2.24, 2.45) is 5.92 Å². The van der Waals surface area contributed by atoms with Gasteiger partial charge in [0.05, 0.1) is 31.9 Å². The molecule has 2 unspecified atom stereocenters. The number of hydrogen-bond acceptors (Lipinski definition) is 6. The molecule has 1 saturated heterocycles. The Balaban J connectivity index is 1.40. The summed E-state index contributed by atoms with van der Waals surface area (Å²) >= 11 is 1.73. The molecule has 2 aliphatic rings. The van der Waals surface area contributed by atoms with Gasteiger partial charge in [-0.25, -0.2) is 0 Å². The number of nitrogens with zero attached hydrogens (tertiary/aromatic N) is 2. The first-order valence-electron chi connectivity index (χ1n) is 11.8. The lowest BCUT2D eigenvalue weighted by molar-refractivity contribution is -0.125. The Labute approximate surface area is 205 Å². The third kappa shape index (κ3) is 4.44. The van der Waals surface area contributed by atoms with E-state index in [1.165, 1.54) is 16.1 Å². The molecule has 178 valence electrons. The molecule has 2 aliphatic heterocycles. The average Bonchev–Trinajstić information content (AvgIpc) is 3.41. The van der Waals surface area contributed by atoms with Crippen molar-refractivity contribution in [2.45, 2.75) is 18.9 Å². The maximum absolute atomic E-state index is 13.5. The van der Waals surface area contributed by atoms with Crippen LogP contribution in [0, 0.1) is 5.92 Å². The van der Waals surface area contributed by atoms with Gasteiger partial charge >= 0.3 is 0 Å². The van der Waals surface area contributed by atoms with Crippen molar-refractivity contribution >= 4 is 28.6 Å². The summed E-state index contributed by atoms with van der Waals surface area (Å²) in [7, 11) is 3.41. The molecule has 7 heteroatoms. The van der Waals surface area contributed by atoms with Gasteiger partial charge in [0.1, 0.15) is 11.5 Å². The first-order chi connectivity index (χ1) is 16.7. The van der Waals surface area contributed by atoms with Crippen LogP contribution in [0.15, 0.2) is 60.0 Å². The highest BCUT2D eigenvalue weighted by molar-refractivity contribution is 7.09. The van der Waals surface area contributed by atoms with Crippen LogP contribution in [0.2, 0.25) is 0 Å². The van der Waals surface area contributed by atoms with Crippen molar-refractivity contribution < 1.29 is 14.3 Å². The summed E-state index contributed by atoms with van der Waals surface area (Å²) in [5.74, 6) is 1.73. The van der Waals surface area contributed by atoms with Crippen LogP contribution >= 0.6 is 11.3 Å². The smallest absolute Gasteiger partial charge is 0.225 e. The number of thiophene rings is 1. The number of nitrogens with one attached hydrogen (secondary N) is 1. The fourth-order valence-corrected chi connectivity index (χ4v) is 5.92. The van der Waals surface area contributed by atoms with Gasteiger partial charge in [-0.15, -0.1) is 11.3 Å². The minimum absolute atomic E-state index is 0.0695. The van der Waals surface area contributed by atoms with Crippen molar-refractivity contribution in [2.75, 3.05) is 50.2 Å². The number of amides is 1. The third-order valence-electron chi connectivity index (χ3n) is 6.94. The number of benzene rings is 2. The summed E-state index contributed by atoms with van der Waals surface area (Å²) in [6, 6.07) is 18.6. The molecule has 2 aromatic carbocycles. The molecule has 6 nitrogen and oxygen atoms in total. The zero-order chi connectivity index (χ0) is 23.5. The van der Waals surface area contributed by atoms with Gasteiger partial charge in [0, 0.05) is 42.8 Å². The number of rotatable bonds is 7. The average molecular weight is 478 g/mol. The number of fused-ring (bicyclic) bond motifs is 3. The van der Waals surface area contributed by atoms with Gasteiger partial charge in [0.2, 0.25) is 5.91 Å². The highest BCUT2D eigenvalue weighted by Gasteiger charge is 2.42. The SMILES string of the molecule is COc1ccc2c(c1)N1CCN(c3ccccc3OC)CC1C(C(=O)NCCc1cccs1)C2. The van der Waals surface area contributed by atoms with E-state index in [9.17, 15) is 4.79 Å². The molecule has 1 amide bonds. The van der Waals surface area contributed by atoms with Crippen molar-refractivity contribution in [3.8, 4) is 11.5 Å². The Morgan fingerprint density at radius 2 is 1.94 bits per heavy atom. The number of carbonyl (C=O) groups excluding carboxylic acids is 1. The molecule has 3 heterocycles. The second-order valence-electron chi connectivity index (χ2n) is 8.80. The summed E-state index contributed by atoms with van der Waals surface area (Å²) in [5, 5.41) is 5.31. The predicted octanol–water partition coefficient (Wildman–Crippen LogP) is 3.99. The van der Waals surface area contributed by atoms with Crippen molar-refractivity contribution in [1.82, 2.24) is 5.32 Å². The molecule has 0 spiro atoms. The summed E-state index contributed by atoms with van der Waals surface area (Å²) in [5.41, 5.74) is 3.48. The lowest BCUT2D eigenvalue weighted by Crippen LogP contribution is -2.61. The number of para-hydroxylation sites is 2. The first kappa shape index (κ1) is 22.6. The summed E-state index contributed by atoms with van der Waals surface area (Å²) in [6.45, 7) is 3.12. The lowest BCUT2D eigenvalue weighted by Gasteiger charge is -2.49. The van der Waals surface area contributed by atoms with E-state index < -0.39 is 0 Å². The number of piperazine rings is 1. The maximum atomic E-state index is 13.5. The molecule has 1 aromatic heterocycles. The number of hydrogen-bond donors (Lipinski definition) is 1. The van der Waals surface area contributed by atoms with E-state index >= 15 is 0 Å². The van der Waals surface area contributed by atoms with E-state index in [4.69, 9.17) is 9.47 Å². The van der Waals surface area contributed by atoms with E-state index in [0.717, 1.165) is 49.7 Å². The molecule has 1 fully saturated rings. The second kappa shape index (κ2) is 9.97. The van der Waals surface area contributed by atoms with Crippen LogP contribution in [0.25, 0.3) is 0 Å². The van der Waals surface area contributed by atoms with Crippen LogP contribution in [-0.4, -0.2) is 52.3 Å². The molecule has 34 heavy (non-hydrogen) atoms. The van der Waals surface area contributed by atoms with Crippen LogP contribution in [0.1, 0.15) is 10.4 Å². The van der Waals surface area contributed by atoms with Gasteiger partial charge in [-0.3, -0.25) is 4.79 Å². The zero-order valence-electron chi connectivity index (χ0n) is 19.7. The monoisotopic (exact) mass is 477 g/mol. The quantitative estimate of drug-likeness (QED) is 0.558. The number of carbonyl (C=O) groups is 1. The van der Waals surface area contributed by atoms with Crippen molar-refractivity contribution in [3.05, 3.63) is 70.4 Å². The predicted molar refractivity (Wildman–Crippen MR) is 138 cm³/mol. The van der Waals surface area contributed by atoms with Gasteiger partial charge in [-0.2, -0.15) is 0 Å². The van der Waals surface area contributed by atoms with Crippen LogP contribution in [0.4, 0.5) is 11.4 Å². The van der Waals surface area contributed by atoms with E-state index in [1.54, 1.807) is 25.6 Å². The standard InChI is InChI=1S/C27H31N3O3S/c1-32-20-10-9-19-16-22(27(31)28-12-11-21-6-5-15-34-21)25-18-29(13-14-30(25)24(19)17-20)23-7-3-4-8-26(23)33-2/h3-10,15,17,22,25H,11-14,16,18H2,1-2H3,(H,28,31). The van der Waals surface area contributed by atoms with E-state index in [-0.39, 0.29) is 17.9 Å². The Morgan fingerprint density at radius 3 is 2.74 bits per heavy atom. The molecule has 5 rings (SSSR count). The fraction of sp³-hybridized carbons (Fsp3) is 0.370. The second-order valence-corrected chi connectivity index (χ2v) is 9.84. The molecule has 0 aliphatic carbocycles. The summed E-state index contributed by atoms with van der Waals surface area (Å²) < 4.78 is 11.1. The zero-order valence-corrected chi connectivity index (χ0v) is 20.5. The highest BCUT2D eigenvalue weighted by atomic mass is 32.1. The topological polar surface area (TPSA) is 54.0 Å². The first-order valence-corrected chi connectivity index (χ1v) is 12.7. The molecule has 1 N–H and O–H groups in total. The van der Waals surface area contributed by atoms with Crippen molar-refractivity contribution in [1.29, 1.82) is 0 Å². The lowest BCUT2D eigenvalue weighted by atomic mass is 9.83. The van der Waals surface area contributed by atoms with E-state index in [1.807, 2.05) is 24.3 Å². The van der Waals surface area contributed by atoms with Gasteiger partial charge in [0.15, 0.2) is 0 Å². The van der Waals surface area contributed by atoms with Gasteiger partial charge < -0.3 is 24.6 Å². The maximum Gasteiger partial charge on any atom is 0.225 e. The molecule has 3 aromatic rings. The normalized spacial score (nSPS) is 19.2. The molecule has 0 radical (unpaired) electrons. The van der Waals surface area contributed by atoms with Gasteiger partial charge in [-0.05, 0) is 48.1 Å². The fourth-order valence-electron chi connectivity index (χ4n) is 5.21. The van der Waals surface area contributed by atoms with Gasteiger partial charge in [0.25, 0.3) is 0 Å². The summed E-state index contributed by atoms with van der Waals surface area (Å²) in [4.78, 5) is 19.5. The minimum atomic E-state index is -0.123. The number of anilines is 2. The number of ether oxygens (including phenoxy) is 2.